The second-order valence-electron chi connectivity index (χ2n) is 10.3. The minimum atomic E-state index is -1.02. The zero-order chi connectivity index (χ0) is 26.5. The Hall–Kier alpha value is -2.84. The molecule has 2 aromatic carbocycles. The minimum absolute atomic E-state index is 0.00838. The van der Waals surface area contributed by atoms with Gasteiger partial charge in [-0.2, -0.15) is 0 Å². The normalized spacial score (nSPS) is 23.0. The molecule has 0 aliphatic carbocycles. The van der Waals surface area contributed by atoms with Crippen LogP contribution in [0.4, 0.5) is 8.78 Å². The van der Waals surface area contributed by atoms with Gasteiger partial charge in [-0.05, 0) is 54.5 Å². The van der Waals surface area contributed by atoms with Crippen LogP contribution in [0.3, 0.4) is 0 Å². The van der Waals surface area contributed by atoms with Gasteiger partial charge >= 0.3 is 0 Å². The first kappa shape index (κ1) is 27.2. The van der Waals surface area contributed by atoms with Crippen LogP contribution >= 0.6 is 0 Å². The van der Waals surface area contributed by atoms with Gasteiger partial charge < -0.3 is 20.6 Å². The number of rotatable bonds is 10. The number of nitrogens with one attached hydrogen (secondary N) is 2. The van der Waals surface area contributed by atoms with Crippen LogP contribution in [-0.4, -0.2) is 53.1 Å². The Balaban J connectivity index is 1.55. The molecule has 37 heavy (non-hydrogen) atoms. The molecule has 1 unspecified atom stereocenters. The summed E-state index contributed by atoms with van der Waals surface area (Å²) in [4.78, 5) is 28.2. The lowest BCUT2D eigenvalue weighted by molar-refractivity contribution is -0.133. The second kappa shape index (κ2) is 12.1. The fourth-order valence-electron chi connectivity index (χ4n) is 5.67. The van der Waals surface area contributed by atoms with Crippen molar-refractivity contribution >= 4 is 11.8 Å². The summed E-state index contributed by atoms with van der Waals surface area (Å²) >= 11 is 0. The number of aliphatic hydroxyl groups excluding tert-OH is 1. The molecule has 1 saturated heterocycles. The Bertz CT molecular complexity index is 1090. The van der Waals surface area contributed by atoms with Crippen LogP contribution in [0.1, 0.15) is 49.8 Å². The van der Waals surface area contributed by atoms with Crippen molar-refractivity contribution in [2.45, 2.75) is 70.7 Å². The molecule has 1 fully saturated rings. The minimum Gasteiger partial charge on any atom is -0.389 e. The summed E-state index contributed by atoms with van der Waals surface area (Å²) in [5.74, 6) is -2.69. The van der Waals surface area contributed by atoms with Crippen molar-refractivity contribution in [2.75, 3.05) is 13.1 Å². The smallest absolute Gasteiger partial charge is 0.226 e. The Labute approximate surface area is 217 Å². The number of halogens is 2. The quantitative estimate of drug-likeness (QED) is 0.455. The number of likely N-dealkylation sites (tertiary alicyclic amines) is 1. The molecule has 0 radical (unpaired) electrons. The van der Waals surface area contributed by atoms with Crippen LogP contribution in [0, 0.1) is 23.5 Å². The molecule has 8 heteroatoms. The molecule has 2 aliphatic rings. The fraction of sp³-hybridized carbons (Fsp3) is 0.517. The number of hydrogen-bond donors (Lipinski definition) is 3. The predicted octanol–water partition coefficient (Wildman–Crippen LogP) is 3.35. The van der Waals surface area contributed by atoms with Gasteiger partial charge in [0.05, 0.1) is 24.0 Å². The van der Waals surface area contributed by atoms with E-state index in [0.717, 1.165) is 30.0 Å². The fourth-order valence-corrected chi connectivity index (χ4v) is 5.67. The van der Waals surface area contributed by atoms with E-state index in [0.29, 0.717) is 38.0 Å². The van der Waals surface area contributed by atoms with Crippen LogP contribution in [0.2, 0.25) is 0 Å². The van der Waals surface area contributed by atoms with E-state index < -0.39 is 35.6 Å². The van der Waals surface area contributed by atoms with E-state index in [1.165, 1.54) is 12.1 Å². The SMILES string of the molecule is CCCCN1CC(C(=O)N[C@@H](Cc2cc(F)cc(F)c2)[C@H](O)[C@H]2Cc3ccccc3CN2)[C@@H](CC)C1=O. The highest BCUT2D eigenvalue weighted by atomic mass is 19.1. The van der Waals surface area contributed by atoms with Gasteiger partial charge in [-0.15, -0.1) is 0 Å². The monoisotopic (exact) mass is 513 g/mol. The summed E-state index contributed by atoms with van der Waals surface area (Å²) in [6.45, 7) is 5.50. The molecule has 0 saturated carbocycles. The van der Waals surface area contributed by atoms with E-state index in [9.17, 15) is 23.5 Å². The number of unbranched alkanes of at least 4 members (excludes halogenated alkanes) is 1. The number of carbonyl (C=O) groups excluding carboxylic acids is 2. The summed E-state index contributed by atoms with van der Waals surface area (Å²) < 4.78 is 27.9. The molecule has 0 bridgehead atoms. The Morgan fingerprint density at radius 3 is 2.54 bits per heavy atom. The van der Waals surface area contributed by atoms with Crippen LogP contribution in [0.15, 0.2) is 42.5 Å². The van der Waals surface area contributed by atoms with Gasteiger partial charge in [0.1, 0.15) is 11.6 Å². The van der Waals surface area contributed by atoms with Crippen LogP contribution < -0.4 is 10.6 Å². The van der Waals surface area contributed by atoms with Crippen LogP contribution in [0.5, 0.6) is 0 Å². The maximum Gasteiger partial charge on any atom is 0.226 e. The van der Waals surface area contributed by atoms with E-state index in [1.54, 1.807) is 4.90 Å². The van der Waals surface area contributed by atoms with Crippen molar-refractivity contribution in [3.63, 3.8) is 0 Å². The van der Waals surface area contributed by atoms with Gasteiger partial charge in [0.15, 0.2) is 0 Å². The van der Waals surface area contributed by atoms with E-state index >= 15 is 0 Å². The van der Waals surface area contributed by atoms with Crippen molar-refractivity contribution in [3.05, 3.63) is 70.8 Å². The molecule has 6 nitrogen and oxygen atoms in total. The zero-order valence-electron chi connectivity index (χ0n) is 21.6. The van der Waals surface area contributed by atoms with Gasteiger partial charge in [-0.1, -0.05) is 44.5 Å². The highest BCUT2D eigenvalue weighted by molar-refractivity contribution is 5.91. The lowest BCUT2D eigenvalue weighted by Crippen LogP contribution is -2.56. The zero-order valence-corrected chi connectivity index (χ0v) is 21.6. The van der Waals surface area contributed by atoms with Crippen molar-refractivity contribution in [2.24, 2.45) is 11.8 Å². The highest BCUT2D eigenvalue weighted by Crippen LogP contribution is 2.29. The summed E-state index contributed by atoms with van der Waals surface area (Å²) in [6, 6.07) is 10.1. The molecule has 2 amide bonds. The molecule has 0 spiro atoms. The maximum atomic E-state index is 13.9. The molecule has 3 N–H and O–H groups in total. The molecule has 2 aromatic rings. The summed E-state index contributed by atoms with van der Waals surface area (Å²) in [7, 11) is 0. The third kappa shape index (κ3) is 6.36. The predicted molar refractivity (Wildman–Crippen MR) is 138 cm³/mol. The van der Waals surface area contributed by atoms with Crippen LogP contribution in [0.25, 0.3) is 0 Å². The van der Waals surface area contributed by atoms with Crippen molar-refractivity contribution in [1.29, 1.82) is 0 Å². The second-order valence-corrected chi connectivity index (χ2v) is 10.3. The summed E-state index contributed by atoms with van der Waals surface area (Å²) in [6.07, 6.45) is 1.97. The van der Waals surface area contributed by atoms with Gasteiger partial charge in [0, 0.05) is 31.7 Å². The molecule has 200 valence electrons. The van der Waals surface area contributed by atoms with Crippen molar-refractivity contribution in [1.82, 2.24) is 15.5 Å². The van der Waals surface area contributed by atoms with E-state index in [4.69, 9.17) is 0 Å². The highest BCUT2D eigenvalue weighted by Gasteiger charge is 2.44. The number of carbonyl (C=O) groups is 2. The maximum absolute atomic E-state index is 13.9. The van der Waals surface area contributed by atoms with Crippen molar-refractivity contribution in [3.8, 4) is 0 Å². The number of aliphatic hydroxyl groups is 1. The summed E-state index contributed by atoms with van der Waals surface area (Å²) in [5.41, 5.74) is 2.62. The number of hydrogen-bond acceptors (Lipinski definition) is 4. The Morgan fingerprint density at radius 2 is 1.86 bits per heavy atom. The summed E-state index contributed by atoms with van der Waals surface area (Å²) in [5, 5.41) is 17.8. The third-order valence-corrected chi connectivity index (χ3v) is 7.73. The van der Waals surface area contributed by atoms with E-state index in [1.807, 2.05) is 31.2 Å². The topological polar surface area (TPSA) is 81.7 Å². The molecule has 5 atom stereocenters. The first-order valence-corrected chi connectivity index (χ1v) is 13.3. The van der Waals surface area contributed by atoms with Gasteiger partial charge in [-0.25, -0.2) is 8.78 Å². The average Bonchev–Trinajstić information content (AvgIpc) is 3.20. The van der Waals surface area contributed by atoms with Crippen molar-refractivity contribution < 1.29 is 23.5 Å². The van der Waals surface area contributed by atoms with Gasteiger partial charge in [-0.3, -0.25) is 9.59 Å². The Morgan fingerprint density at radius 1 is 1.16 bits per heavy atom. The average molecular weight is 514 g/mol. The molecular formula is C29H37F2N3O3. The number of amides is 2. The molecule has 0 aromatic heterocycles. The Kier molecular flexibility index (Phi) is 8.92. The first-order chi connectivity index (χ1) is 17.8. The number of nitrogens with zero attached hydrogens (tertiary/aromatic N) is 1. The molecule has 2 aliphatic heterocycles. The number of benzene rings is 2. The van der Waals surface area contributed by atoms with Gasteiger partial charge in [0.25, 0.3) is 0 Å². The first-order valence-electron chi connectivity index (χ1n) is 13.3. The van der Waals surface area contributed by atoms with Gasteiger partial charge in [0.2, 0.25) is 11.8 Å². The largest absolute Gasteiger partial charge is 0.389 e. The lowest BCUT2D eigenvalue weighted by atomic mass is 9.87. The molecule has 4 rings (SSSR count). The third-order valence-electron chi connectivity index (χ3n) is 7.73. The molecule has 2 heterocycles. The number of fused-ring (bicyclic) bond motifs is 1. The lowest BCUT2D eigenvalue weighted by Gasteiger charge is -2.35. The van der Waals surface area contributed by atoms with E-state index in [-0.39, 0.29) is 24.3 Å². The molecular weight excluding hydrogens is 476 g/mol. The van der Waals surface area contributed by atoms with E-state index in [2.05, 4.69) is 17.6 Å². The van der Waals surface area contributed by atoms with Crippen LogP contribution in [-0.2, 0) is 29.0 Å². The standard InChI is InChI=1S/C29H37F2N3O3/c1-3-5-10-34-17-24(23(4-2)29(34)37)28(36)33-26(13-18-11-21(30)15-22(31)12-18)27(35)25-14-19-8-6-7-9-20(19)16-32-25/h6-9,11-12,15,23-27,32,35H,3-5,10,13-14,16-17H2,1-2H3,(H,33,36)/t23-,24?,25-,26+,27-/m1/s1.